The molecular weight excluding hydrogens is 414 g/mol. The minimum absolute atomic E-state index is 0.0531. The Kier molecular flexibility index (Phi) is 5.64. The highest BCUT2D eigenvalue weighted by atomic mass is 16.5. The van der Waals surface area contributed by atoms with E-state index in [4.69, 9.17) is 9.47 Å². The highest BCUT2D eigenvalue weighted by molar-refractivity contribution is 6.12. The van der Waals surface area contributed by atoms with Crippen molar-refractivity contribution >= 4 is 17.3 Å². The molecule has 0 unspecified atom stereocenters. The molecule has 33 heavy (non-hydrogen) atoms. The van der Waals surface area contributed by atoms with Gasteiger partial charge in [0.1, 0.15) is 18.5 Å². The van der Waals surface area contributed by atoms with Crippen molar-refractivity contribution in [2.24, 2.45) is 0 Å². The van der Waals surface area contributed by atoms with E-state index in [0.717, 1.165) is 22.5 Å². The molecule has 1 aromatic heterocycles. The van der Waals surface area contributed by atoms with E-state index in [2.05, 4.69) is 10.3 Å². The van der Waals surface area contributed by atoms with Gasteiger partial charge in [-0.1, -0.05) is 42.5 Å². The Morgan fingerprint density at radius 2 is 1.73 bits per heavy atom. The number of hydrogen-bond donors (Lipinski definition) is 1. The van der Waals surface area contributed by atoms with Crippen LogP contribution in [0.5, 0.6) is 11.6 Å². The SMILES string of the molecule is COc1ccc([C@H]2Nc3ccccc3C(=O)N2c2ccccc2)cc1COc1ccccn1. The molecule has 0 saturated carbocycles. The fourth-order valence-corrected chi connectivity index (χ4v) is 4.01. The van der Waals surface area contributed by atoms with Crippen LogP contribution in [0.15, 0.2) is 97.2 Å². The zero-order valence-electron chi connectivity index (χ0n) is 18.1. The van der Waals surface area contributed by atoms with Gasteiger partial charge in [0.05, 0.1) is 12.7 Å². The van der Waals surface area contributed by atoms with E-state index in [1.165, 1.54) is 0 Å². The van der Waals surface area contributed by atoms with Crippen LogP contribution in [0.2, 0.25) is 0 Å². The molecule has 3 aromatic carbocycles. The lowest BCUT2D eigenvalue weighted by atomic mass is 10.0. The second kappa shape index (κ2) is 9.04. The van der Waals surface area contributed by atoms with Gasteiger partial charge < -0.3 is 14.8 Å². The Hall–Kier alpha value is -4.32. The van der Waals surface area contributed by atoms with Crippen LogP contribution in [0.1, 0.15) is 27.7 Å². The van der Waals surface area contributed by atoms with Crippen LogP contribution in [0.25, 0.3) is 0 Å². The lowest BCUT2D eigenvalue weighted by Crippen LogP contribution is -2.43. The first-order chi connectivity index (χ1) is 16.2. The summed E-state index contributed by atoms with van der Waals surface area (Å²) in [4.78, 5) is 19.6. The predicted molar refractivity (Wildman–Crippen MR) is 128 cm³/mol. The maximum absolute atomic E-state index is 13.5. The minimum Gasteiger partial charge on any atom is -0.496 e. The molecule has 5 rings (SSSR count). The van der Waals surface area contributed by atoms with Gasteiger partial charge >= 0.3 is 0 Å². The van der Waals surface area contributed by atoms with Crippen LogP contribution >= 0.6 is 0 Å². The average Bonchev–Trinajstić information content (AvgIpc) is 2.88. The highest BCUT2D eigenvalue weighted by Gasteiger charge is 2.34. The number of pyridine rings is 1. The summed E-state index contributed by atoms with van der Waals surface area (Å²) in [5.74, 6) is 1.20. The van der Waals surface area contributed by atoms with E-state index in [1.54, 1.807) is 18.2 Å². The molecular formula is C27H23N3O3. The van der Waals surface area contributed by atoms with Crippen molar-refractivity contribution in [1.29, 1.82) is 0 Å². The van der Waals surface area contributed by atoms with Crippen LogP contribution in [-0.2, 0) is 6.61 Å². The van der Waals surface area contributed by atoms with Gasteiger partial charge in [-0.2, -0.15) is 0 Å². The van der Waals surface area contributed by atoms with Gasteiger partial charge in [-0.05, 0) is 48.0 Å². The van der Waals surface area contributed by atoms with Crippen molar-refractivity contribution in [3.63, 3.8) is 0 Å². The molecule has 1 aliphatic heterocycles. The number of rotatable bonds is 6. The molecule has 1 N–H and O–H groups in total. The number of hydrogen-bond acceptors (Lipinski definition) is 5. The number of nitrogens with one attached hydrogen (secondary N) is 1. The van der Waals surface area contributed by atoms with Gasteiger partial charge in [-0.25, -0.2) is 4.98 Å². The second-order valence-electron chi connectivity index (χ2n) is 7.63. The van der Waals surface area contributed by atoms with E-state index in [0.29, 0.717) is 17.2 Å². The summed E-state index contributed by atoms with van der Waals surface area (Å²) in [6.07, 6.45) is 1.30. The number of amides is 1. The average molecular weight is 437 g/mol. The minimum atomic E-state index is -0.394. The smallest absolute Gasteiger partial charge is 0.262 e. The number of ether oxygens (including phenoxy) is 2. The summed E-state index contributed by atoms with van der Waals surface area (Å²) in [6, 6.07) is 28.7. The predicted octanol–water partition coefficient (Wildman–Crippen LogP) is 5.44. The molecule has 1 amide bonds. The summed E-state index contributed by atoms with van der Waals surface area (Å²) < 4.78 is 11.4. The lowest BCUT2D eigenvalue weighted by Gasteiger charge is -2.38. The van der Waals surface area contributed by atoms with Crippen molar-refractivity contribution in [1.82, 2.24) is 4.98 Å². The number of benzene rings is 3. The largest absolute Gasteiger partial charge is 0.496 e. The zero-order valence-corrected chi connectivity index (χ0v) is 18.1. The van der Waals surface area contributed by atoms with Crippen molar-refractivity contribution in [3.05, 3.63) is 114 Å². The van der Waals surface area contributed by atoms with Gasteiger partial charge in [0.15, 0.2) is 0 Å². The zero-order chi connectivity index (χ0) is 22.6. The fraction of sp³-hybridized carbons (Fsp3) is 0.111. The van der Waals surface area contributed by atoms with E-state index >= 15 is 0 Å². The molecule has 164 valence electrons. The number of nitrogens with zero attached hydrogens (tertiary/aromatic N) is 2. The molecule has 0 fully saturated rings. The third kappa shape index (κ3) is 4.11. The molecule has 6 nitrogen and oxygen atoms in total. The molecule has 0 bridgehead atoms. The van der Waals surface area contributed by atoms with Gasteiger partial charge in [-0.15, -0.1) is 0 Å². The van der Waals surface area contributed by atoms with Gasteiger partial charge in [-0.3, -0.25) is 9.69 Å². The highest BCUT2D eigenvalue weighted by Crippen LogP contribution is 2.37. The summed E-state index contributed by atoms with van der Waals surface area (Å²) in [5, 5.41) is 3.54. The summed E-state index contributed by atoms with van der Waals surface area (Å²) in [6.45, 7) is 0.288. The van der Waals surface area contributed by atoms with Crippen LogP contribution in [0.4, 0.5) is 11.4 Å². The third-order valence-corrected chi connectivity index (χ3v) is 5.59. The van der Waals surface area contributed by atoms with Crippen molar-refractivity contribution < 1.29 is 14.3 Å². The first-order valence-corrected chi connectivity index (χ1v) is 10.7. The van der Waals surface area contributed by atoms with E-state index < -0.39 is 6.17 Å². The Morgan fingerprint density at radius 1 is 0.939 bits per heavy atom. The third-order valence-electron chi connectivity index (χ3n) is 5.59. The standard InChI is InChI=1S/C27H23N3O3/c1-32-24-15-14-19(17-20(24)18-33-25-13-7-8-16-28-25)26-29-23-12-6-5-11-22(23)27(31)30(26)21-9-3-2-4-10-21/h2-17,26,29H,18H2,1H3/t26-/m0/s1. The number of fused-ring (bicyclic) bond motifs is 1. The van der Waals surface area contributed by atoms with Crippen LogP contribution in [0.3, 0.4) is 0 Å². The molecule has 6 heteroatoms. The number of carbonyl (C=O) groups excluding carboxylic acids is 1. The Balaban J connectivity index is 1.54. The molecule has 1 aliphatic rings. The number of anilines is 2. The van der Waals surface area contributed by atoms with Gasteiger partial charge in [0, 0.05) is 29.2 Å². The Labute approximate surface area is 192 Å². The first kappa shape index (κ1) is 20.6. The molecule has 0 aliphatic carbocycles. The van der Waals surface area contributed by atoms with E-state index in [-0.39, 0.29) is 12.5 Å². The van der Waals surface area contributed by atoms with Crippen molar-refractivity contribution in [3.8, 4) is 11.6 Å². The quantitative estimate of drug-likeness (QED) is 0.435. The topological polar surface area (TPSA) is 63.7 Å². The Bertz CT molecular complexity index is 1260. The van der Waals surface area contributed by atoms with Crippen molar-refractivity contribution in [2.75, 3.05) is 17.3 Å². The molecule has 0 spiro atoms. The monoisotopic (exact) mass is 437 g/mol. The first-order valence-electron chi connectivity index (χ1n) is 10.7. The fourth-order valence-electron chi connectivity index (χ4n) is 4.01. The van der Waals surface area contributed by atoms with Gasteiger partial charge in [0.25, 0.3) is 5.91 Å². The number of para-hydroxylation sites is 2. The van der Waals surface area contributed by atoms with Crippen LogP contribution in [0, 0.1) is 0 Å². The molecule has 1 atom stereocenters. The molecule has 4 aromatic rings. The summed E-state index contributed by atoms with van der Waals surface area (Å²) >= 11 is 0. The van der Waals surface area contributed by atoms with Crippen LogP contribution in [-0.4, -0.2) is 18.0 Å². The van der Waals surface area contributed by atoms with Crippen LogP contribution < -0.4 is 19.7 Å². The number of aromatic nitrogens is 1. The molecule has 2 heterocycles. The Morgan fingerprint density at radius 3 is 2.52 bits per heavy atom. The maximum Gasteiger partial charge on any atom is 0.262 e. The maximum atomic E-state index is 13.5. The summed E-state index contributed by atoms with van der Waals surface area (Å²) in [5.41, 5.74) is 4.05. The number of methoxy groups -OCH3 is 1. The summed E-state index contributed by atoms with van der Waals surface area (Å²) in [7, 11) is 1.63. The van der Waals surface area contributed by atoms with Crippen molar-refractivity contribution in [2.45, 2.75) is 12.8 Å². The number of carbonyl (C=O) groups is 1. The van der Waals surface area contributed by atoms with E-state index in [9.17, 15) is 4.79 Å². The van der Waals surface area contributed by atoms with Gasteiger partial charge in [0.2, 0.25) is 5.88 Å². The van der Waals surface area contributed by atoms with E-state index in [1.807, 2.05) is 91.0 Å². The lowest BCUT2D eigenvalue weighted by molar-refractivity contribution is 0.0975. The molecule has 0 radical (unpaired) electrons. The second-order valence-corrected chi connectivity index (χ2v) is 7.63. The molecule has 0 saturated heterocycles. The normalized spacial score (nSPS) is 14.9.